The molecule has 0 atom stereocenters. The number of rotatable bonds is 4. The second kappa shape index (κ2) is 4.79. The maximum Gasteiger partial charge on any atom is 0.0483 e. The summed E-state index contributed by atoms with van der Waals surface area (Å²) in [5.74, 6) is 0.735. The number of allylic oxidation sites excluding steroid dienone is 6. The van der Waals surface area contributed by atoms with Crippen LogP contribution in [-0.2, 0) is 0 Å². The van der Waals surface area contributed by atoms with Crippen molar-refractivity contribution >= 4 is 0 Å². The van der Waals surface area contributed by atoms with Gasteiger partial charge in [-0.25, -0.2) is 0 Å². The van der Waals surface area contributed by atoms with E-state index in [2.05, 4.69) is 50.1 Å². The first-order chi connectivity index (χ1) is 8.22. The van der Waals surface area contributed by atoms with E-state index in [1.165, 1.54) is 29.7 Å². The average molecular weight is 227 g/mol. The third kappa shape index (κ3) is 2.14. The topological polar surface area (TPSA) is 3.24 Å². The molecule has 1 fully saturated rings. The summed E-state index contributed by atoms with van der Waals surface area (Å²) in [5.41, 5.74) is 5.08. The van der Waals surface area contributed by atoms with Gasteiger partial charge >= 0.3 is 0 Å². The lowest BCUT2D eigenvalue weighted by Crippen LogP contribution is -2.25. The molecule has 1 aliphatic heterocycles. The van der Waals surface area contributed by atoms with Crippen molar-refractivity contribution in [1.29, 1.82) is 0 Å². The van der Waals surface area contributed by atoms with Crippen molar-refractivity contribution in [3.63, 3.8) is 0 Å². The fraction of sp³-hybridized carbons (Fsp3) is 0.375. The number of hydrogen-bond acceptors (Lipinski definition) is 1. The second-order valence-corrected chi connectivity index (χ2v) is 4.61. The fourth-order valence-electron chi connectivity index (χ4n) is 2.45. The van der Waals surface area contributed by atoms with Crippen molar-refractivity contribution in [1.82, 2.24) is 4.90 Å². The van der Waals surface area contributed by atoms with Gasteiger partial charge in [-0.05, 0) is 50.3 Å². The van der Waals surface area contributed by atoms with Gasteiger partial charge in [0.05, 0.1) is 0 Å². The molecule has 0 N–H and O–H groups in total. The van der Waals surface area contributed by atoms with Crippen molar-refractivity contribution in [3.8, 4) is 0 Å². The van der Waals surface area contributed by atoms with Crippen LogP contribution in [0.25, 0.3) is 0 Å². The first-order valence-corrected chi connectivity index (χ1v) is 6.40. The van der Waals surface area contributed by atoms with Crippen molar-refractivity contribution in [2.75, 3.05) is 6.54 Å². The zero-order chi connectivity index (χ0) is 12.4. The molecule has 2 aliphatic rings. The van der Waals surface area contributed by atoms with E-state index in [1.54, 1.807) is 0 Å². The summed E-state index contributed by atoms with van der Waals surface area (Å²) in [6.07, 6.45) is 11.1. The van der Waals surface area contributed by atoms with Crippen LogP contribution in [0.4, 0.5) is 0 Å². The number of hydrogen-bond donors (Lipinski definition) is 0. The summed E-state index contributed by atoms with van der Waals surface area (Å²) in [7, 11) is 0. The molecule has 0 aromatic rings. The SMILES string of the molecule is C=CC1=C(/C=C\C)N(CC)C(=C)C=C1C1CC1. The molecular formula is C16H21N. The molecule has 0 amide bonds. The molecule has 2 rings (SSSR count). The predicted molar refractivity (Wildman–Crippen MR) is 74.4 cm³/mol. The highest BCUT2D eigenvalue weighted by Crippen LogP contribution is 2.44. The van der Waals surface area contributed by atoms with Crippen LogP contribution < -0.4 is 0 Å². The van der Waals surface area contributed by atoms with Crippen LogP contribution in [0.5, 0.6) is 0 Å². The molecule has 0 aromatic carbocycles. The second-order valence-electron chi connectivity index (χ2n) is 4.61. The Kier molecular flexibility index (Phi) is 3.37. The number of nitrogens with zero attached hydrogens (tertiary/aromatic N) is 1. The smallest absolute Gasteiger partial charge is 0.0483 e. The molecule has 1 nitrogen and oxygen atoms in total. The van der Waals surface area contributed by atoms with Crippen molar-refractivity contribution in [2.24, 2.45) is 5.92 Å². The van der Waals surface area contributed by atoms with E-state index in [1.807, 2.05) is 6.08 Å². The molecule has 0 radical (unpaired) electrons. The van der Waals surface area contributed by atoms with E-state index >= 15 is 0 Å². The van der Waals surface area contributed by atoms with Gasteiger partial charge in [0, 0.05) is 23.5 Å². The van der Waals surface area contributed by atoms with E-state index in [9.17, 15) is 0 Å². The maximum atomic E-state index is 4.18. The van der Waals surface area contributed by atoms with Gasteiger partial charge in [0.15, 0.2) is 0 Å². The lowest BCUT2D eigenvalue weighted by atomic mass is 9.93. The Balaban J connectivity index is 2.50. The number of likely N-dealkylation sites (N-methyl/N-ethyl adjacent to an activating group) is 1. The lowest BCUT2D eigenvalue weighted by molar-refractivity contribution is 0.469. The van der Waals surface area contributed by atoms with Crippen molar-refractivity contribution < 1.29 is 0 Å². The minimum atomic E-state index is 0.735. The third-order valence-corrected chi connectivity index (χ3v) is 3.41. The highest BCUT2D eigenvalue weighted by molar-refractivity contribution is 5.55. The van der Waals surface area contributed by atoms with E-state index in [0.717, 1.165) is 18.2 Å². The average Bonchev–Trinajstić information content (AvgIpc) is 3.13. The van der Waals surface area contributed by atoms with E-state index in [0.29, 0.717) is 0 Å². The van der Waals surface area contributed by atoms with Crippen LogP contribution >= 0.6 is 0 Å². The van der Waals surface area contributed by atoms with Crippen molar-refractivity contribution in [3.05, 3.63) is 60.0 Å². The molecule has 0 aromatic heterocycles. The van der Waals surface area contributed by atoms with Crippen LogP contribution in [0, 0.1) is 5.92 Å². The van der Waals surface area contributed by atoms with Crippen LogP contribution in [-0.4, -0.2) is 11.4 Å². The predicted octanol–water partition coefficient (Wildman–Crippen LogP) is 4.19. The Bertz CT molecular complexity index is 430. The molecule has 1 aliphatic carbocycles. The highest BCUT2D eigenvalue weighted by Gasteiger charge is 2.31. The summed E-state index contributed by atoms with van der Waals surface area (Å²) in [5, 5.41) is 0. The largest absolute Gasteiger partial charge is 0.342 e. The summed E-state index contributed by atoms with van der Waals surface area (Å²) in [6, 6.07) is 0. The molecule has 90 valence electrons. The highest BCUT2D eigenvalue weighted by atomic mass is 15.1. The molecule has 1 heterocycles. The zero-order valence-electron chi connectivity index (χ0n) is 10.9. The first-order valence-electron chi connectivity index (χ1n) is 6.40. The molecule has 0 bridgehead atoms. The maximum absolute atomic E-state index is 4.18. The van der Waals surface area contributed by atoms with E-state index in [-0.39, 0.29) is 0 Å². The summed E-state index contributed by atoms with van der Waals surface area (Å²) in [6.45, 7) is 13.3. The molecule has 1 heteroatoms. The van der Waals surface area contributed by atoms with E-state index < -0.39 is 0 Å². The molecule has 1 saturated carbocycles. The van der Waals surface area contributed by atoms with Gasteiger partial charge in [0.2, 0.25) is 0 Å². The van der Waals surface area contributed by atoms with Crippen LogP contribution in [0.1, 0.15) is 26.7 Å². The minimum absolute atomic E-state index is 0.735. The Morgan fingerprint density at radius 2 is 2.18 bits per heavy atom. The van der Waals surface area contributed by atoms with E-state index in [4.69, 9.17) is 0 Å². The summed E-state index contributed by atoms with van der Waals surface area (Å²) < 4.78 is 0. The molecule has 17 heavy (non-hydrogen) atoms. The monoisotopic (exact) mass is 227 g/mol. The Morgan fingerprint density at radius 3 is 2.65 bits per heavy atom. The van der Waals surface area contributed by atoms with Crippen LogP contribution in [0.15, 0.2) is 60.0 Å². The van der Waals surface area contributed by atoms with Gasteiger partial charge in [-0.15, -0.1) is 0 Å². The van der Waals surface area contributed by atoms with Gasteiger partial charge in [-0.2, -0.15) is 0 Å². The minimum Gasteiger partial charge on any atom is -0.342 e. The van der Waals surface area contributed by atoms with Crippen LogP contribution in [0.3, 0.4) is 0 Å². The quantitative estimate of drug-likeness (QED) is 0.696. The van der Waals surface area contributed by atoms with Crippen molar-refractivity contribution in [2.45, 2.75) is 26.7 Å². The Morgan fingerprint density at radius 1 is 1.47 bits per heavy atom. The summed E-state index contributed by atoms with van der Waals surface area (Å²) in [4.78, 5) is 2.25. The van der Waals surface area contributed by atoms with Gasteiger partial charge in [0.25, 0.3) is 0 Å². The standard InChI is InChI=1S/C16H21N/c1-5-8-16-14(6-2)15(13-9-10-13)11-12(4)17(16)7-3/h5-6,8,11,13H,2,4,7,9-10H2,1,3H3/b8-5-. The van der Waals surface area contributed by atoms with Crippen LogP contribution in [0.2, 0.25) is 0 Å². The lowest BCUT2D eigenvalue weighted by Gasteiger charge is -2.32. The molecular weight excluding hydrogens is 206 g/mol. The van der Waals surface area contributed by atoms with Gasteiger partial charge in [0.1, 0.15) is 0 Å². The normalized spacial score (nSPS) is 21.2. The Labute approximate surface area is 105 Å². The fourth-order valence-corrected chi connectivity index (χ4v) is 2.45. The van der Waals surface area contributed by atoms with Gasteiger partial charge in [-0.3, -0.25) is 0 Å². The van der Waals surface area contributed by atoms with Gasteiger partial charge in [-0.1, -0.05) is 25.3 Å². The summed E-state index contributed by atoms with van der Waals surface area (Å²) >= 11 is 0. The molecule has 0 unspecified atom stereocenters. The zero-order valence-corrected chi connectivity index (χ0v) is 10.9. The molecule has 0 saturated heterocycles. The first kappa shape index (κ1) is 12.0. The van der Waals surface area contributed by atoms with Gasteiger partial charge < -0.3 is 4.90 Å². The molecule has 0 spiro atoms. The third-order valence-electron chi connectivity index (χ3n) is 3.41. The Hall–Kier alpha value is -1.50.